The number of quaternary nitrogens is 1. The molecule has 1 N–H and O–H groups in total. The predicted octanol–water partition coefficient (Wildman–Crippen LogP) is 0.897. The minimum absolute atomic E-state index is 0.179. The number of hydrogen-bond donors (Lipinski definition) is 1. The second-order valence-corrected chi connectivity index (χ2v) is 7.46. The van der Waals surface area contributed by atoms with Gasteiger partial charge in [-0.05, 0) is 6.92 Å². The number of phosphoric acid groups is 1. The molecule has 0 aliphatic heterocycles. The number of hydrogen-bond acceptors (Lipinski definition) is 6. The number of alkyl halides is 3. The molecule has 0 heterocycles. The molecule has 0 saturated carbocycles. The van der Waals surface area contributed by atoms with Crippen molar-refractivity contribution < 1.29 is 49.1 Å². The highest BCUT2D eigenvalue weighted by atomic mass is 32.2. The molecule has 0 radical (unpaired) electrons. The lowest BCUT2D eigenvalue weighted by atomic mass is 10.5. The Hall–Kier alpha value is -0.230. The molecule has 0 spiro atoms. The average molecular weight is 361 g/mol. The minimum Gasteiger partial charge on any atom is -0.741 e. The van der Waals surface area contributed by atoms with Crippen molar-refractivity contribution in [3.63, 3.8) is 0 Å². The van der Waals surface area contributed by atoms with E-state index in [2.05, 4.69) is 4.52 Å². The van der Waals surface area contributed by atoms with E-state index in [1.807, 2.05) is 21.1 Å². The molecule has 13 heteroatoms. The highest BCUT2D eigenvalue weighted by Gasteiger charge is 2.36. The molecule has 0 rings (SSSR count). The van der Waals surface area contributed by atoms with E-state index in [4.69, 9.17) is 22.4 Å². The van der Waals surface area contributed by atoms with E-state index in [-0.39, 0.29) is 13.2 Å². The van der Waals surface area contributed by atoms with Crippen LogP contribution in [0.2, 0.25) is 0 Å². The molecule has 8 nitrogen and oxygen atoms in total. The van der Waals surface area contributed by atoms with Crippen LogP contribution in [0.15, 0.2) is 0 Å². The van der Waals surface area contributed by atoms with Crippen LogP contribution >= 0.6 is 7.82 Å². The second-order valence-electron chi connectivity index (χ2n) is 4.63. The maximum absolute atomic E-state index is 11.0. The SMILES string of the molecule is CCOP(=O)(O)OCC[N+](C)(C)C.O=S(=O)([O-])C(F)(F)F. The fraction of sp³-hybridized carbons (Fsp3) is 1.00. The van der Waals surface area contributed by atoms with Gasteiger partial charge in [0, 0.05) is 0 Å². The van der Waals surface area contributed by atoms with Crippen molar-refractivity contribution in [1.29, 1.82) is 0 Å². The standard InChI is InChI=1S/C7H18NO4P.CHF3O3S/c1-5-11-13(9,10)12-7-6-8(2,3)4;2-1(3,4)8(5,6)7/h5-7H2,1-4H3;(H,5,6,7). The molecule has 1 atom stereocenters. The van der Waals surface area contributed by atoms with Gasteiger partial charge in [0.2, 0.25) is 0 Å². The average Bonchev–Trinajstić information content (AvgIpc) is 2.11. The van der Waals surface area contributed by atoms with Crippen LogP contribution in [0.4, 0.5) is 13.2 Å². The summed E-state index contributed by atoms with van der Waals surface area (Å²) in [7, 11) is -3.94. The molecule has 0 fully saturated rings. The van der Waals surface area contributed by atoms with E-state index >= 15 is 0 Å². The van der Waals surface area contributed by atoms with Gasteiger partial charge in [-0.1, -0.05) is 0 Å². The topological polar surface area (TPSA) is 113 Å². The molecule has 0 bridgehead atoms. The van der Waals surface area contributed by atoms with Crippen molar-refractivity contribution in [3.8, 4) is 0 Å². The minimum atomic E-state index is -6.09. The molecular formula is C8H19F3NO7PS. The molecule has 21 heavy (non-hydrogen) atoms. The maximum Gasteiger partial charge on any atom is 0.485 e. The zero-order valence-electron chi connectivity index (χ0n) is 12.0. The van der Waals surface area contributed by atoms with Gasteiger partial charge in [0.25, 0.3) is 0 Å². The van der Waals surface area contributed by atoms with Crippen LogP contribution in [0, 0.1) is 0 Å². The monoisotopic (exact) mass is 361 g/mol. The Morgan fingerprint density at radius 2 is 1.62 bits per heavy atom. The lowest BCUT2D eigenvalue weighted by Crippen LogP contribution is -2.37. The molecule has 0 amide bonds. The Balaban J connectivity index is 0. The zero-order chi connectivity index (χ0) is 17.5. The summed E-state index contributed by atoms with van der Waals surface area (Å²) in [5.74, 6) is 0. The van der Waals surface area contributed by atoms with Crippen LogP contribution in [-0.2, 0) is 23.7 Å². The second kappa shape index (κ2) is 8.42. The molecule has 0 saturated heterocycles. The van der Waals surface area contributed by atoms with Crippen LogP contribution in [0.25, 0.3) is 0 Å². The maximum atomic E-state index is 11.0. The first kappa shape index (κ1) is 23.0. The lowest BCUT2D eigenvalue weighted by molar-refractivity contribution is -0.870. The Bertz CT molecular complexity index is 446. The largest absolute Gasteiger partial charge is 0.741 e. The van der Waals surface area contributed by atoms with E-state index in [0.717, 1.165) is 0 Å². The smallest absolute Gasteiger partial charge is 0.485 e. The number of likely N-dealkylation sites (N-methyl/N-ethyl adjacent to an activating group) is 1. The number of rotatable bonds is 6. The Labute approximate surface area is 121 Å². The van der Waals surface area contributed by atoms with E-state index in [1.165, 1.54) is 0 Å². The van der Waals surface area contributed by atoms with E-state index in [9.17, 15) is 17.7 Å². The number of phosphoric ester groups is 1. The van der Waals surface area contributed by atoms with Gasteiger partial charge >= 0.3 is 13.3 Å². The summed E-state index contributed by atoms with van der Waals surface area (Å²) in [5.41, 5.74) is -5.65. The van der Waals surface area contributed by atoms with Gasteiger partial charge in [0.1, 0.15) is 13.2 Å². The van der Waals surface area contributed by atoms with Crippen molar-refractivity contribution >= 4 is 17.9 Å². The lowest BCUT2D eigenvalue weighted by Gasteiger charge is -2.23. The van der Waals surface area contributed by atoms with Gasteiger partial charge in [-0.3, -0.25) is 9.05 Å². The van der Waals surface area contributed by atoms with Gasteiger partial charge in [-0.25, -0.2) is 13.0 Å². The third-order valence-electron chi connectivity index (χ3n) is 1.59. The highest BCUT2D eigenvalue weighted by molar-refractivity contribution is 7.86. The van der Waals surface area contributed by atoms with Crippen LogP contribution in [-0.4, -0.2) is 68.8 Å². The van der Waals surface area contributed by atoms with Crippen LogP contribution in [0.1, 0.15) is 6.92 Å². The Kier molecular flexibility index (Phi) is 9.23. The summed E-state index contributed by atoms with van der Waals surface area (Å²) < 4.78 is 79.8. The van der Waals surface area contributed by atoms with Crippen LogP contribution in [0.5, 0.6) is 0 Å². The molecule has 0 aromatic carbocycles. The summed E-state index contributed by atoms with van der Waals surface area (Å²) >= 11 is 0. The van der Waals surface area contributed by atoms with Gasteiger partial charge < -0.3 is 13.9 Å². The fourth-order valence-electron chi connectivity index (χ4n) is 0.630. The summed E-state index contributed by atoms with van der Waals surface area (Å²) in [5, 5.41) is 0. The van der Waals surface area contributed by atoms with Gasteiger partial charge in [0.15, 0.2) is 10.1 Å². The van der Waals surface area contributed by atoms with Gasteiger partial charge in [0.05, 0.1) is 27.7 Å². The van der Waals surface area contributed by atoms with Crippen molar-refractivity contribution in [1.82, 2.24) is 0 Å². The van der Waals surface area contributed by atoms with Crippen LogP contribution in [0.3, 0.4) is 0 Å². The molecule has 130 valence electrons. The third kappa shape index (κ3) is 14.5. The van der Waals surface area contributed by atoms with Crippen molar-refractivity contribution in [2.45, 2.75) is 12.4 Å². The number of nitrogens with zero attached hydrogens (tertiary/aromatic N) is 1. The third-order valence-corrected chi connectivity index (χ3v) is 3.25. The first-order valence-electron chi connectivity index (χ1n) is 5.46. The molecule has 0 aliphatic carbocycles. The normalized spacial score (nSPS) is 15.9. The molecule has 0 aromatic heterocycles. The predicted molar refractivity (Wildman–Crippen MR) is 66.1 cm³/mol. The van der Waals surface area contributed by atoms with E-state index in [0.29, 0.717) is 11.0 Å². The Morgan fingerprint density at radius 1 is 1.24 bits per heavy atom. The molecule has 0 aromatic rings. The van der Waals surface area contributed by atoms with Crippen molar-refractivity contribution in [2.75, 3.05) is 40.9 Å². The first-order chi connectivity index (χ1) is 9.02. The number of halogens is 3. The quantitative estimate of drug-likeness (QED) is 0.324. The van der Waals surface area contributed by atoms with Crippen molar-refractivity contribution in [2.24, 2.45) is 0 Å². The summed E-state index contributed by atoms with van der Waals surface area (Å²) in [6, 6.07) is 0. The first-order valence-corrected chi connectivity index (χ1v) is 8.36. The Morgan fingerprint density at radius 3 is 1.86 bits per heavy atom. The highest BCUT2D eigenvalue weighted by Crippen LogP contribution is 2.42. The fourth-order valence-corrected chi connectivity index (χ4v) is 1.34. The van der Waals surface area contributed by atoms with Crippen LogP contribution < -0.4 is 0 Å². The molecule has 1 unspecified atom stereocenters. The van der Waals surface area contributed by atoms with Gasteiger partial charge in [-0.15, -0.1) is 0 Å². The molecule has 0 aliphatic rings. The summed E-state index contributed by atoms with van der Waals surface area (Å²) in [6.07, 6.45) is 0. The summed E-state index contributed by atoms with van der Waals surface area (Å²) in [6.45, 7) is 2.71. The van der Waals surface area contributed by atoms with E-state index < -0.39 is 23.4 Å². The summed E-state index contributed by atoms with van der Waals surface area (Å²) in [4.78, 5) is 9.02. The molecular weight excluding hydrogens is 342 g/mol. The zero-order valence-corrected chi connectivity index (χ0v) is 13.7. The van der Waals surface area contributed by atoms with Gasteiger partial charge in [-0.2, -0.15) is 13.2 Å². The van der Waals surface area contributed by atoms with Crippen molar-refractivity contribution in [3.05, 3.63) is 0 Å². The van der Waals surface area contributed by atoms with E-state index in [1.54, 1.807) is 6.92 Å².